The highest BCUT2D eigenvalue weighted by Gasteiger charge is 2.44. The zero-order chi connectivity index (χ0) is 36.2. The van der Waals surface area contributed by atoms with Crippen molar-refractivity contribution in [1.82, 2.24) is 0 Å². The highest BCUT2D eigenvalue weighted by molar-refractivity contribution is 6.02. The first-order valence-electron chi connectivity index (χ1n) is 19.7. The number of hydrogen-bond acceptors (Lipinski definition) is 1. The molecule has 0 aromatic heterocycles. The predicted octanol–water partition coefficient (Wildman–Crippen LogP) is 14.4. The van der Waals surface area contributed by atoms with Gasteiger partial charge in [0.15, 0.2) is 0 Å². The van der Waals surface area contributed by atoms with Crippen LogP contribution in [0.25, 0.3) is 33.0 Å². The van der Waals surface area contributed by atoms with Crippen molar-refractivity contribution in [3.63, 3.8) is 0 Å². The SMILES string of the molecule is CC(C)(C)c1cc(C(C)(C)C)c2cccc(N(c3ccc4c(c3)C(C)(C)c3ccccc3-4)c3ccc4c(c3)C3(CCCCC3)c3ccccc3-4)c2c1. The van der Waals surface area contributed by atoms with Crippen molar-refractivity contribution in [3.8, 4) is 22.3 Å². The zero-order valence-corrected chi connectivity index (χ0v) is 32.5. The van der Waals surface area contributed by atoms with Crippen LogP contribution in [0.5, 0.6) is 0 Å². The summed E-state index contributed by atoms with van der Waals surface area (Å²) in [7, 11) is 0. The van der Waals surface area contributed by atoms with Gasteiger partial charge in [-0.2, -0.15) is 0 Å². The molecule has 0 N–H and O–H groups in total. The van der Waals surface area contributed by atoms with Crippen molar-refractivity contribution in [1.29, 1.82) is 0 Å². The number of rotatable bonds is 3. The van der Waals surface area contributed by atoms with Gasteiger partial charge in [-0.25, -0.2) is 0 Å². The van der Waals surface area contributed by atoms with E-state index in [0.29, 0.717) is 0 Å². The molecule has 1 fully saturated rings. The molecule has 3 aliphatic rings. The quantitative estimate of drug-likeness (QED) is 0.180. The molecule has 1 nitrogen and oxygen atoms in total. The second kappa shape index (κ2) is 11.4. The monoisotopic (exact) mass is 679 g/mol. The topological polar surface area (TPSA) is 3.24 Å². The van der Waals surface area contributed by atoms with Crippen LogP contribution in [0.15, 0.2) is 115 Å². The third-order valence-electron chi connectivity index (χ3n) is 12.9. The zero-order valence-electron chi connectivity index (χ0n) is 32.5. The number of nitrogens with zero attached hydrogens (tertiary/aromatic N) is 1. The van der Waals surface area contributed by atoms with Gasteiger partial charge in [0.1, 0.15) is 0 Å². The van der Waals surface area contributed by atoms with Gasteiger partial charge >= 0.3 is 0 Å². The van der Waals surface area contributed by atoms with Crippen LogP contribution in [0.4, 0.5) is 17.1 Å². The summed E-state index contributed by atoms with van der Waals surface area (Å²) in [6.45, 7) is 18.9. The Morgan fingerprint density at radius 1 is 0.481 bits per heavy atom. The van der Waals surface area contributed by atoms with Gasteiger partial charge in [0, 0.05) is 27.6 Å². The lowest BCUT2D eigenvalue weighted by Crippen LogP contribution is -2.28. The molecular formula is C51H53N. The van der Waals surface area contributed by atoms with Gasteiger partial charge in [-0.05, 0) is 121 Å². The van der Waals surface area contributed by atoms with Gasteiger partial charge in [0.2, 0.25) is 0 Å². The van der Waals surface area contributed by atoms with Crippen molar-refractivity contribution in [3.05, 3.63) is 149 Å². The summed E-state index contributed by atoms with van der Waals surface area (Å²) in [6.07, 6.45) is 6.36. The molecule has 9 rings (SSSR count). The lowest BCUT2D eigenvalue weighted by Gasteiger charge is -2.37. The fourth-order valence-electron chi connectivity index (χ4n) is 10.2. The summed E-state index contributed by atoms with van der Waals surface area (Å²) in [5.41, 5.74) is 18.0. The highest BCUT2D eigenvalue weighted by atomic mass is 15.1. The molecule has 1 heteroatoms. The normalized spacial score (nSPS) is 16.8. The average Bonchev–Trinajstić information content (AvgIpc) is 3.52. The van der Waals surface area contributed by atoms with Crippen LogP contribution in [-0.4, -0.2) is 0 Å². The molecule has 0 amide bonds. The Balaban J connectivity index is 1.33. The van der Waals surface area contributed by atoms with Gasteiger partial charge in [-0.3, -0.25) is 0 Å². The number of benzene rings is 6. The van der Waals surface area contributed by atoms with E-state index >= 15 is 0 Å². The molecule has 52 heavy (non-hydrogen) atoms. The molecule has 0 saturated heterocycles. The van der Waals surface area contributed by atoms with Crippen LogP contribution in [0.2, 0.25) is 0 Å². The standard InChI is InChI=1S/C51H53N/c1-48(2,3)33-29-41-38(44(30-33)49(4,5)6)19-16-22-47(41)52(34-23-25-39-36-17-10-12-20-42(36)50(7,8)45(39)31-34)35-24-26-40-37-18-11-13-21-43(37)51(46(40)32-35)27-14-9-15-28-51/h10-13,16-26,29-32H,9,14-15,27-28H2,1-8H3. The maximum absolute atomic E-state index is 2.60. The van der Waals surface area contributed by atoms with Gasteiger partial charge < -0.3 is 4.90 Å². The molecule has 0 aliphatic heterocycles. The Hall–Kier alpha value is -4.62. The lowest BCUT2D eigenvalue weighted by atomic mass is 9.68. The molecule has 1 spiro atoms. The first kappa shape index (κ1) is 33.2. The number of fused-ring (bicyclic) bond motifs is 9. The summed E-state index contributed by atoms with van der Waals surface area (Å²) < 4.78 is 0. The van der Waals surface area contributed by atoms with E-state index in [0.717, 1.165) is 0 Å². The first-order valence-corrected chi connectivity index (χ1v) is 19.7. The molecule has 6 aromatic carbocycles. The van der Waals surface area contributed by atoms with Crippen LogP contribution in [-0.2, 0) is 21.7 Å². The summed E-state index contributed by atoms with van der Waals surface area (Å²) in [5, 5.41) is 2.66. The Kier molecular flexibility index (Phi) is 7.31. The van der Waals surface area contributed by atoms with E-state index < -0.39 is 0 Å². The Labute approximate surface area is 311 Å². The minimum Gasteiger partial charge on any atom is -0.310 e. The molecule has 0 radical (unpaired) electrons. The van der Waals surface area contributed by atoms with E-state index in [4.69, 9.17) is 0 Å². The van der Waals surface area contributed by atoms with Crippen molar-refractivity contribution in [2.75, 3.05) is 4.90 Å². The molecule has 1 saturated carbocycles. The van der Waals surface area contributed by atoms with Crippen molar-refractivity contribution < 1.29 is 0 Å². The summed E-state index contributed by atoms with van der Waals surface area (Å²) >= 11 is 0. The second-order valence-corrected chi connectivity index (χ2v) is 18.6. The fraction of sp³-hybridized carbons (Fsp3) is 0.333. The van der Waals surface area contributed by atoms with Gasteiger partial charge in [-0.15, -0.1) is 0 Å². The van der Waals surface area contributed by atoms with Crippen LogP contribution in [0, 0.1) is 0 Å². The fourth-order valence-corrected chi connectivity index (χ4v) is 10.2. The molecule has 0 unspecified atom stereocenters. The molecule has 0 bridgehead atoms. The average molecular weight is 680 g/mol. The maximum atomic E-state index is 2.60. The third kappa shape index (κ3) is 4.88. The summed E-state index contributed by atoms with van der Waals surface area (Å²) in [5.74, 6) is 0. The largest absolute Gasteiger partial charge is 0.310 e. The molecule has 3 aliphatic carbocycles. The summed E-state index contributed by atoms with van der Waals surface area (Å²) in [6, 6.07) is 45.0. The highest BCUT2D eigenvalue weighted by Crippen LogP contribution is 2.58. The van der Waals surface area contributed by atoms with Crippen LogP contribution in [0.3, 0.4) is 0 Å². The van der Waals surface area contributed by atoms with E-state index in [9.17, 15) is 0 Å². The number of hydrogen-bond donors (Lipinski definition) is 0. The first-order chi connectivity index (χ1) is 24.8. The minimum atomic E-state index is -0.0864. The van der Waals surface area contributed by atoms with Crippen LogP contribution in [0.1, 0.15) is 121 Å². The van der Waals surface area contributed by atoms with Crippen molar-refractivity contribution in [2.45, 2.75) is 109 Å². The molecule has 0 atom stereocenters. The van der Waals surface area contributed by atoms with E-state index in [1.165, 1.54) is 110 Å². The Morgan fingerprint density at radius 2 is 1.06 bits per heavy atom. The van der Waals surface area contributed by atoms with E-state index in [-0.39, 0.29) is 21.7 Å². The van der Waals surface area contributed by atoms with Gasteiger partial charge in [0.05, 0.1) is 5.69 Å². The van der Waals surface area contributed by atoms with E-state index in [1.54, 1.807) is 5.56 Å². The van der Waals surface area contributed by atoms with Gasteiger partial charge in [0.25, 0.3) is 0 Å². The Bertz CT molecular complexity index is 2380. The van der Waals surface area contributed by atoms with Crippen LogP contribution >= 0.6 is 0 Å². The molecular weight excluding hydrogens is 627 g/mol. The van der Waals surface area contributed by atoms with Crippen molar-refractivity contribution in [2.24, 2.45) is 0 Å². The van der Waals surface area contributed by atoms with Gasteiger partial charge in [-0.1, -0.05) is 154 Å². The second-order valence-electron chi connectivity index (χ2n) is 18.6. The molecule has 6 aromatic rings. The number of anilines is 3. The summed E-state index contributed by atoms with van der Waals surface area (Å²) in [4.78, 5) is 2.60. The van der Waals surface area contributed by atoms with E-state index in [1.807, 2.05) is 0 Å². The molecule has 262 valence electrons. The van der Waals surface area contributed by atoms with Crippen molar-refractivity contribution >= 4 is 27.8 Å². The smallest absolute Gasteiger partial charge is 0.0540 e. The molecule has 0 heterocycles. The van der Waals surface area contributed by atoms with Crippen LogP contribution < -0.4 is 4.90 Å². The maximum Gasteiger partial charge on any atom is 0.0540 e. The third-order valence-corrected chi connectivity index (χ3v) is 12.9. The lowest BCUT2D eigenvalue weighted by molar-refractivity contribution is 0.353. The van der Waals surface area contributed by atoms with E-state index in [2.05, 4.69) is 176 Å². The Morgan fingerprint density at radius 3 is 1.71 bits per heavy atom. The predicted molar refractivity (Wildman–Crippen MR) is 223 cm³/mol. The minimum absolute atomic E-state index is 0.000949.